The SMILES string of the molecule is O=C(COc1ccccc1)N1CCCCC1c1nc2c(c(=O)[nH]1)CCN(C1CCCC1)C2. The highest BCUT2D eigenvalue weighted by molar-refractivity contribution is 5.78. The van der Waals surface area contributed by atoms with Crippen molar-refractivity contribution in [2.45, 2.75) is 70.0 Å². The van der Waals surface area contributed by atoms with Crippen LogP contribution >= 0.6 is 0 Å². The molecule has 1 aromatic heterocycles. The van der Waals surface area contributed by atoms with E-state index in [1.54, 1.807) is 0 Å². The van der Waals surface area contributed by atoms with Crippen molar-refractivity contribution in [1.29, 1.82) is 0 Å². The second-order valence-corrected chi connectivity index (χ2v) is 9.24. The topological polar surface area (TPSA) is 78.5 Å². The fraction of sp³-hybridized carbons (Fsp3) is 0.560. The summed E-state index contributed by atoms with van der Waals surface area (Å²) in [6.07, 6.45) is 8.63. The van der Waals surface area contributed by atoms with Gasteiger partial charge in [0.05, 0.1) is 11.7 Å². The fourth-order valence-corrected chi connectivity index (χ4v) is 5.48. The summed E-state index contributed by atoms with van der Waals surface area (Å²) in [5.41, 5.74) is 1.69. The van der Waals surface area contributed by atoms with E-state index in [9.17, 15) is 9.59 Å². The quantitative estimate of drug-likeness (QED) is 0.779. The number of rotatable bonds is 5. The minimum atomic E-state index is -0.199. The zero-order valence-corrected chi connectivity index (χ0v) is 18.6. The summed E-state index contributed by atoms with van der Waals surface area (Å²) < 4.78 is 5.70. The number of carbonyl (C=O) groups is 1. The molecule has 1 N–H and O–H groups in total. The van der Waals surface area contributed by atoms with Gasteiger partial charge in [-0.25, -0.2) is 4.98 Å². The third-order valence-electron chi connectivity index (χ3n) is 7.21. The molecule has 0 radical (unpaired) electrons. The van der Waals surface area contributed by atoms with E-state index in [0.29, 0.717) is 24.2 Å². The Morgan fingerprint density at radius 2 is 1.84 bits per heavy atom. The molecule has 1 amide bonds. The molecule has 2 fully saturated rings. The van der Waals surface area contributed by atoms with Crippen LogP contribution in [0, 0.1) is 0 Å². The van der Waals surface area contributed by atoms with Crippen molar-refractivity contribution >= 4 is 5.91 Å². The van der Waals surface area contributed by atoms with Crippen LogP contribution in [0.4, 0.5) is 0 Å². The molecular formula is C25H32N4O3. The van der Waals surface area contributed by atoms with Gasteiger partial charge in [0.1, 0.15) is 11.6 Å². The van der Waals surface area contributed by atoms with Crippen molar-refractivity contribution in [2.75, 3.05) is 19.7 Å². The van der Waals surface area contributed by atoms with Crippen LogP contribution in [0.2, 0.25) is 0 Å². The Morgan fingerprint density at radius 1 is 1.06 bits per heavy atom. The summed E-state index contributed by atoms with van der Waals surface area (Å²) in [5, 5.41) is 0. The Kier molecular flexibility index (Phi) is 6.26. The predicted octanol–water partition coefficient (Wildman–Crippen LogP) is 3.20. The Labute approximate surface area is 188 Å². The summed E-state index contributed by atoms with van der Waals surface area (Å²) in [6, 6.07) is 9.81. The lowest BCUT2D eigenvalue weighted by Crippen LogP contribution is -2.44. The van der Waals surface area contributed by atoms with Gasteiger partial charge in [-0.15, -0.1) is 0 Å². The highest BCUT2D eigenvalue weighted by Gasteiger charge is 2.33. The molecule has 0 spiro atoms. The molecule has 1 aliphatic carbocycles. The zero-order valence-electron chi connectivity index (χ0n) is 18.6. The maximum atomic E-state index is 13.0. The Bertz CT molecular complexity index is 1000. The molecule has 32 heavy (non-hydrogen) atoms. The molecule has 0 bridgehead atoms. The fourth-order valence-electron chi connectivity index (χ4n) is 5.48. The molecule has 1 atom stereocenters. The van der Waals surface area contributed by atoms with Crippen LogP contribution in [0.25, 0.3) is 0 Å². The first kappa shape index (κ1) is 21.2. The zero-order chi connectivity index (χ0) is 21.9. The first-order chi connectivity index (χ1) is 15.7. The van der Waals surface area contributed by atoms with E-state index >= 15 is 0 Å². The third-order valence-corrected chi connectivity index (χ3v) is 7.21. The van der Waals surface area contributed by atoms with Gasteiger partial charge in [-0.05, 0) is 50.7 Å². The molecule has 1 saturated carbocycles. The lowest BCUT2D eigenvalue weighted by atomic mass is 9.99. The number of nitrogens with one attached hydrogen (secondary N) is 1. The monoisotopic (exact) mass is 436 g/mol. The number of nitrogens with zero attached hydrogens (tertiary/aromatic N) is 3. The molecular weight excluding hydrogens is 404 g/mol. The highest BCUT2D eigenvalue weighted by Crippen LogP contribution is 2.31. The third kappa shape index (κ3) is 4.44. The maximum Gasteiger partial charge on any atom is 0.261 e. The van der Waals surface area contributed by atoms with E-state index in [4.69, 9.17) is 9.72 Å². The molecule has 5 rings (SSSR count). The minimum Gasteiger partial charge on any atom is -0.484 e. The molecule has 2 aromatic rings. The second kappa shape index (κ2) is 9.45. The largest absolute Gasteiger partial charge is 0.484 e. The van der Waals surface area contributed by atoms with Gasteiger partial charge in [0.2, 0.25) is 0 Å². The van der Waals surface area contributed by atoms with E-state index in [2.05, 4.69) is 9.88 Å². The van der Waals surface area contributed by atoms with Gasteiger partial charge in [-0.1, -0.05) is 31.0 Å². The van der Waals surface area contributed by atoms with Crippen molar-refractivity contribution in [3.8, 4) is 5.75 Å². The van der Waals surface area contributed by atoms with Crippen molar-refractivity contribution in [3.63, 3.8) is 0 Å². The average Bonchev–Trinajstić information content (AvgIpc) is 3.38. The van der Waals surface area contributed by atoms with Crippen molar-refractivity contribution in [1.82, 2.24) is 19.8 Å². The number of hydrogen-bond donors (Lipinski definition) is 1. The summed E-state index contributed by atoms with van der Waals surface area (Å²) in [6.45, 7) is 2.34. The van der Waals surface area contributed by atoms with Gasteiger partial charge < -0.3 is 14.6 Å². The number of benzene rings is 1. The summed E-state index contributed by atoms with van der Waals surface area (Å²) in [4.78, 5) is 38.2. The van der Waals surface area contributed by atoms with Gasteiger partial charge in [0, 0.05) is 31.2 Å². The average molecular weight is 437 g/mol. The number of likely N-dealkylation sites (tertiary alicyclic amines) is 1. The van der Waals surface area contributed by atoms with Crippen molar-refractivity contribution in [3.05, 3.63) is 57.8 Å². The van der Waals surface area contributed by atoms with Gasteiger partial charge >= 0.3 is 0 Å². The summed E-state index contributed by atoms with van der Waals surface area (Å²) in [7, 11) is 0. The standard InChI is InChI=1S/C25H32N4O3/c30-23(17-32-19-10-2-1-3-11-19)29-14-7-6-12-22(29)24-26-21-16-28(18-8-4-5-9-18)15-13-20(21)25(31)27-24/h1-3,10-11,18,22H,4-9,12-17H2,(H,26,27,31). The first-order valence-electron chi connectivity index (χ1n) is 12.0. The first-order valence-corrected chi connectivity index (χ1v) is 12.0. The smallest absolute Gasteiger partial charge is 0.261 e. The van der Waals surface area contributed by atoms with Crippen LogP contribution in [0.5, 0.6) is 5.75 Å². The molecule has 3 aliphatic rings. The summed E-state index contributed by atoms with van der Waals surface area (Å²) in [5.74, 6) is 1.25. The van der Waals surface area contributed by atoms with Gasteiger partial charge in [0.15, 0.2) is 6.61 Å². The van der Waals surface area contributed by atoms with E-state index < -0.39 is 0 Å². The Balaban J connectivity index is 1.34. The number of ether oxygens (including phenoxy) is 1. The number of hydrogen-bond acceptors (Lipinski definition) is 5. The van der Waals surface area contributed by atoms with Crippen LogP contribution in [0.15, 0.2) is 35.1 Å². The van der Waals surface area contributed by atoms with Crippen LogP contribution in [-0.4, -0.2) is 51.4 Å². The lowest BCUT2D eigenvalue weighted by Gasteiger charge is -2.36. The molecule has 7 heteroatoms. The van der Waals surface area contributed by atoms with E-state index in [1.807, 2.05) is 35.2 Å². The number of fused-ring (bicyclic) bond motifs is 1. The van der Waals surface area contributed by atoms with Crippen LogP contribution in [0.1, 0.15) is 68.1 Å². The predicted molar refractivity (Wildman–Crippen MR) is 121 cm³/mol. The second-order valence-electron chi connectivity index (χ2n) is 9.24. The van der Waals surface area contributed by atoms with E-state index in [-0.39, 0.29) is 24.1 Å². The number of aromatic amines is 1. The number of piperidine rings is 1. The summed E-state index contributed by atoms with van der Waals surface area (Å²) >= 11 is 0. The molecule has 2 aliphatic heterocycles. The van der Waals surface area contributed by atoms with Crippen molar-refractivity contribution < 1.29 is 9.53 Å². The highest BCUT2D eigenvalue weighted by atomic mass is 16.5. The number of carbonyl (C=O) groups excluding carboxylic acids is 1. The molecule has 7 nitrogen and oxygen atoms in total. The van der Waals surface area contributed by atoms with Crippen LogP contribution in [0.3, 0.4) is 0 Å². The molecule has 1 saturated heterocycles. The maximum absolute atomic E-state index is 13.0. The van der Waals surface area contributed by atoms with Gasteiger partial charge in [-0.2, -0.15) is 0 Å². The van der Waals surface area contributed by atoms with Gasteiger partial charge in [0.25, 0.3) is 11.5 Å². The van der Waals surface area contributed by atoms with Gasteiger partial charge in [-0.3, -0.25) is 14.5 Å². The lowest BCUT2D eigenvalue weighted by molar-refractivity contribution is -0.137. The molecule has 1 aromatic carbocycles. The van der Waals surface area contributed by atoms with Crippen molar-refractivity contribution in [2.24, 2.45) is 0 Å². The normalized spacial score (nSPS) is 22.0. The molecule has 1 unspecified atom stereocenters. The molecule has 3 heterocycles. The number of amides is 1. The molecule has 170 valence electrons. The number of para-hydroxylation sites is 1. The van der Waals surface area contributed by atoms with Crippen LogP contribution < -0.4 is 10.3 Å². The Morgan fingerprint density at radius 3 is 2.66 bits per heavy atom. The van der Waals surface area contributed by atoms with E-state index in [0.717, 1.165) is 50.0 Å². The number of aromatic nitrogens is 2. The minimum absolute atomic E-state index is 0.00879. The Hall–Kier alpha value is -2.67. The van der Waals surface area contributed by atoms with E-state index in [1.165, 1.54) is 25.7 Å². The van der Waals surface area contributed by atoms with Crippen LogP contribution in [-0.2, 0) is 17.8 Å². The number of H-pyrrole nitrogens is 1.